The second kappa shape index (κ2) is 5.07. The van der Waals surface area contributed by atoms with Crippen LogP contribution in [0.1, 0.15) is 10.4 Å². The molecule has 4 nitrogen and oxygen atoms in total. The van der Waals surface area contributed by atoms with E-state index < -0.39 is 0 Å². The molecule has 0 saturated heterocycles. The lowest BCUT2D eigenvalue weighted by molar-refractivity contribution is 0.102. The van der Waals surface area contributed by atoms with E-state index in [1.807, 2.05) is 24.3 Å². The molecule has 0 aliphatic heterocycles. The molecule has 19 heavy (non-hydrogen) atoms. The van der Waals surface area contributed by atoms with Crippen molar-refractivity contribution in [1.82, 2.24) is 9.97 Å². The van der Waals surface area contributed by atoms with Gasteiger partial charge in [-0.15, -0.1) is 0 Å². The summed E-state index contributed by atoms with van der Waals surface area (Å²) in [7, 11) is 0. The molecule has 0 bridgehead atoms. The molecule has 6 heteroatoms. The number of nitrogens with one attached hydrogen (secondary N) is 1. The highest BCUT2D eigenvalue weighted by molar-refractivity contribution is 9.11. The van der Waals surface area contributed by atoms with E-state index in [4.69, 9.17) is 0 Å². The number of hydrogen-bond acceptors (Lipinski definition) is 4. The summed E-state index contributed by atoms with van der Waals surface area (Å²) in [5.41, 5.74) is 1.46. The fourth-order valence-electron chi connectivity index (χ4n) is 1.70. The summed E-state index contributed by atoms with van der Waals surface area (Å²) in [4.78, 5) is 20.4. The molecule has 94 valence electrons. The first-order valence-electron chi connectivity index (χ1n) is 5.50. The summed E-state index contributed by atoms with van der Waals surface area (Å²) in [6.07, 6.45) is 3.39. The fraction of sp³-hybridized carbons (Fsp3) is 0. The Hall–Kier alpha value is -1.79. The maximum absolute atomic E-state index is 12.1. The van der Waals surface area contributed by atoms with Crippen LogP contribution in [0.5, 0.6) is 0 Å². The van der Waals surface area contributed by atoms with Gasteiger partial charge in [-0.05, 0) is 40.2 Å². The van der Waals surface area contributed by atoms with Crippen LogP contribution in [0.15, 0.2) is 46.5 Å². The molecule has 0 atom stereocenters. The van der Waals surface area contributed by atoms with Crippen LogP contribution in [0.4, 0.5) is 5.13 Å². The van der Waals surface area contributed by atoms with Gasteiger partial charge in [-0.2, -0.15) is 0 Å². The number of benzene rings is 1. The zero-order chi connectivity index (χ0) is 13.2. The Morgan fingerprint density at radius 2 is 2.16 bits per heavy atom. The number of halogens is 1. The van der Waals surface area contributed by atoms with Crippen LogP contribution in [0.3, 0.4) is 0 Å². The molecule has 3 rings (SSSR count). The van der Waals surface area contributed by atoms with E-state index in [2.05, 4.69) is 31.2 Å². The van der Waals surface area contributed by atoms with Crippen molar-refractivity contribution in [3.63, 3.8) is 0 Å². The van der Waals surface area contributed by atoms with Crippen molar-refractivity contribution in [2.45, 2.75) is 0 Å². The lowest BCUT2D eigenvalue weighted by Crippen LogP contribution is -2.11. The zero-order valence-electron chi connectivity index (χ0n) is 9.63. The lowest BCUT2D eigenvalue weighted by atomic mass is 10.1. The van der Waals surface area contributed by atoms with Crippen molar-refractivity contribution in [3.8, 4) is 0 Å². The van der Waals surface area contributed by atoms with E-state index in [0.29, 0.717) is 10.7 Å². The smallest absolute Gasteiger partial charge is 0.257 e. The van der Waals surface area contributed by atoms with Crippen LogP contribution >= 0.6 is 27.3 Å². The highest BCUT2D eigenvalue weighted by Crippen LogP contribution is 2.24. The van der Waals surface area contributed by atoms with Gasteiger partial charge in [-0.25, -0.2) is 4.98 Å². The molecule has 0 spiro atoms. The van der Waals surface area contributed by atoms with E-state index >= 15 is 0 Å². The first kappa shape index (κ1) is 12.3. The van der Waals surface area contributed by atoms with Crippen LogP contribution in [-0.2, 0) is 0 Å². The molecule has 1 aromatic carbocycles. The predicted octanol–water partition coefficient (Wildman–Crippen LogP) is 3.71. The van der Waals surface area contributed by atoms with Crippen LogP contribution in [0.2, 0.25) is 0 Å². The third kappa shape index (κ3) is 2.64. The SMILES string of the molecule is O=C(Nc1ncc(Br)s1)c1ccc2ncccc2c1. The highest BCUT2D eigenvalue weighted by Gasteiger charge is 2.09. The summed E-state index contributed by atoms with van der Waals surface area (Å²) in [6, 6.07) is 9.19. The van der Waals surface area contributed by atoms with Crippen LogP contribution in [-0.4, -0.2) is 15.9 Å². The minimum Gasteiger partial charge on any atom is -0.298 e. The van der Waals surface area contributed by atoms with E-state index in [-0.39, 0.29) is 5.91 Å². The summed E-state index contributed by atoms with van der Waals surface area (Å²) >= 11 is 4.68. The Kier molecular flexibility index (Phi) is 3.27. The van der Waals surface area contributed by atoms with Crippen molar-refractivity contribution in [1.29, 1.82) is 0 Å². The van der Waals surface area contributed by atoms with Gasteiger partial charge in [-0.1, -0.05) is 17.4 Å². The number of hydrogen-bond donors (Lipinski definition) is 1. The minimum atomic E-state index is -0.174. The average molecular weight is 334 g/mol. The molecule has 2 heterocycles. The first-order valence-corrected chi connectivity index (χ1v) is 7.11. The maximum atomic E-state index is 12.1. The summed E-state index contributed by atoms with van der Waals surface area (Å²) in [5.74, 6) is -0.174. The van der Waals surface area contributed by atoms with Gasteiger partial charge in [0, 0.05) is 17.1 Å². The van der Waals surface area contributed by atoms with E-state index in [0.717, 1.165) is 14.7 Å². The Morgan fingerprint density at radius 3 is 2.95 bits per heavy atom. The largest absolute Gasteiger partial charge is 0.298 e. The average Bonchev–Trinajstić information content (AvgIpc) is 2.83. The third-order valence-electron chi connectivity index (χ3n) is 2.56. The van der Waals surface area contributed by atoms with Gasteiger partial charge in [0.1, 0.15) is 0 Å². The zero-order valence-corrected chi connectivity index (χ0v) is 12.0. The summed E-state index contributed by atoms with van der Waals surface area (Å²) < 4.78 is 0.880. The predicted molar refractivity (Wildman–Crippen MR) is 79.5 cm³/mol. The van der Waals surface area contributed by atoms with Crippen molar-refractivity contribution in [2.75, 3.05) is 5.32 Å². The molecule has 3 aromatic rings. The topological polar surface area (TPSA) is 54.9 Å². The van der Waals surface area contributed by atoms with Crippen LogP contribution < -0.4 is 5.32 Å². The van der Waals surface area contributed by atoms with Gasteiger partial charge in [0.25, 0.3) is 5.91 Å². The van der Waals surface area contributed by atoms with Crippen molar-refractivity contribution >= 4 is 49.2 Å². The van der Waals surface area contributed by atoms with Gasteiger partial charge in [0.05, 0.1) is 15.5 Å². The van der Waals surface area contributed by atoms with Gasteiger partial charge >= 0.3 is 0 Å². The monoisotopic (exact) mass is 333 g/mol. The van der Waals surface area contributed by atoms with Crippen LogP contribution in [0, 0.1) is 0 Å². The molecular formula is C13H8BrN3OS. The number of thiazole rings is 1. The van der Waals surface area contributed by atoms with E-state index in [1.54, 1.807) is 18.5 Å². The summed E-state index contributed by atoms with van der Waals surface area (Å²) in [5, 5.41) is 4.27. The van der Waals surface area contributed by atoms with E-state index in [1.165, 1.54) is 11.3 Å². The summed E-state index contributed by atoms with van der Waals surface area (Å²) in [6.45, 7) is 0. The second-order valence-corrected chi connectivity index (χ2v) is 6.24. The molecule has 0 fully saturated rings. The molecule has 0 radical (unpaired) electrons. The first-order chi connectivity index (χ1) is 9.22. The number of nitrogens with zero attached hydrogens (tertiary/aromatic N) is 2. The number of fused-ring (bicyclic) bond motifs is 1. The standard InChI is InChI=1S/C13H8BrN3OS/c14-11-7-16-13(19-11)17-12(18)9-3-4-10-8(6-9)2-1-5-15-10/h1-7H,(H,16,17,18). The Bertz CT molecular complexity index is 756. The molecule has 0 saturated carbocycles. The number of rotatable bonds is 2. The third-order valence-corrected chi connectivity index (χ3v) is 3.95. The maximum Gasteiger partial charge on any atom is 0.257 e. The Balaban J connectivity index is 1.89. The molecule has 0 aliphatic rings. The van der Waals surface area contributed by atoms with Crippen molar-refractivity contribution in [2.24, 2.45) is 0 Å². The molecule has 2 aromatic heterocycles. The van der Waals surface area contributed by atoms with Crippen LogP contribution in [0.25, 0.3) is 10.9 Å². The number of pyridine rings is 1. The number of carbonyl (C=O) groups excluding carboxylic acids is 1. The molecule has 1 N–H and O–H groups in total. The lowest BCUT2D eigenvalue weighted by Gasteiger charge is -2.03. The van der Waals surface area contributed by atoms with Gasteiger partial charge in [0.15, 0.2) is 5.13 Å². The van der Waals surface area contributed by atoms with Gasteiger partial charge in [-0.3, -0.25) is 15.1 Å². The minimum absolute atomic E-state index is 0.174. The highest BCUT2D eigenvalue weighted by atomic mass is 79.9. The number of aromatic nitrogens is 2. The molecule has 0 aliphatic carbocycles. The number of amides is 1. The Labute approximate surface area is 121 Å². The second-order valence-electron chi connectivity index (χ2n) is 3.83. The number of anilines is 1. The van der Waals surface area contributed by atoms with Crippen molar-refractivity contribution < 1.29 is 4.79 Å². The number of carbonyl (C=O) groups is 1. The van der Waals surface area contributed by atoms with Gasteiger partial charge in [0.2, 0.25) is 0 Å². The van der Waals surface area contributed by atoms with E-state index in [9.17, 15) is 4.79 Å². The quantitative estimate of drug-likeness (QED) is 0.777. The van der Waals surface area contributed by atoms with Gasteiger partial charge < -0.3 is 0 Å². The Morgan fingerprint density at radius 1 is 1.26 bits per heavy atom. The fourth-order valence-corrected chi connectivity index (χ4v) is 2.80. The normalized spacial score (nSPS) is 10.6. The molecule has 1 amide bonds. The molecular weight excluding hydrogens is 326 g/mol. The molecule has 0 unspecified atom stereocenters. The van der Waals surface area contributed by atoms with Crippen molar-refractivity contribution in [3.05, 3.63) is 52.1 Å².